The van der Waals surface area contributed by atoms with E-state index in [4.69, 9.17) is 5.41 Å². The fourth-order valence-electron chi connectivity index (χ4n) is 2.40. The fourth-order valence-corrected chi connectivity index (χ4v) is 2.40. The molecule has 1 aliphatic heterocycles. The molecule has 0 aromatic carbocycles. The lowest BCUT2D eigenvalue weighted by atomic mass is 9.97. The standard InChI is InChI=1S/C13H25N3O/c1-5-8-15-11(10(4)7-3)12(14)16(9-6-2)13(15)17/h10-11,14H,5-9H2,1-4H3. The molecule has 0 aromatic heterocycles. The number of amides is 2. The maximum Gasteiger partial charge on any atom is 0.326 e. The number of carbonyl (C=O) groups excluding carboxylic acids is 1. The highest BCUT2D eigenvalue weighted by Crippen LogP contribution is 2.26. The van der Waals surface area contributed by atoms with Crippen molar-refractivity contribution in [1.82, 2.24) is 9.80 Å². The second-order valence-corrected chi connectivity index (χ2v) is 4.84. The third-order valence-corrected chi connectivity index (χ3v) is 3.48. The lowest BCUT2D eigenvalue weighted by molar-refractivity contribution is 0.177. The molecule has 17 heavy (non-hydrogen) atoms. The van der Waals surface area contributed by atoms with Gasteiger partial charge in [0.1, 0.15) is 5.84 Å². The summed E-state index contributed by atoms with van der Waals surface area (Å²) in [6.07, 6.45) is 2.85. The Bertz CT molecular complexity index is 290. The number of hydrogen-bond donors (Lipinski definition) is 1. The second kappa shape index (κ2) is 6.03. The Labute approximate surface area is 104 Å². The predicted molar refractivity (Wildman–Crippen MR) is 70.4 cm³/mol. The van der Waals surface area contributed by atoms with Crippen LogP contribution in [-0.4, -0.2) is 40.8 Å². The largest absolute Gasteiger partial charge is 0.326 e. The summed E-state index contributed by atoms with van der Waals surface area (Å²) in [6.45, 7) is 9.80. The first-order valence-electron chi connectivity index (χ1n) is 6.74. The molecule has 1 heterocycles. The molecule has 0 spiro atoms. The maximum atomic E-state index is 12.2. The molecule has 1 saturated heterocycles. The molecule has 1 N–H and O–H groups in total. The number of nitrogens with one attached hydrogen (secondary N) is 1. The Morgan fingerprint density at radius 3 is 2.29 bits per heavy atom. The van der Waals surface area contributed by atoms with Gasteiger partial charge in [-0.3, -0.25) is 10.3 Å². The van der Waals surface area contributed by atoms with Crippen molar-refractivity contribution in [1.29, 1.82) is 5.41 Å². The Kier molecular flexibility index (Phi) is 4.97. The van der Waals surface area contributed by atoms with Crippen LogP contribution in [0.2, 0.25) is 0 Å². The van der Waals surface area contributed by atoms with Crippen molar-refractivity contribution >= 4 is 11.9 Å². The molecule has 1 aliphatic rings. The van der Waals surface area contributed by atoms with E-state index in [1.807, 2.05) is 11.8 Å². The topological polar surface area (TPSA) is 47.4 Å². The molecular formula is C13H25N3O. The molecule has 0 aromatic rings. The Hall–Kier alpha value is -1.06. The number of rotatable bonds is 6. The van der Waals surface area contributed by atoms with E-state index in [9.17, 15) is 4.79 Å². The van der Waals surface area contributed by atoms with E-state index in [-0.39, 0.29) is 12.1 Å². The zero-order chi connectivity index (χ0) is 13.0. The van der Waals surface area contributed by atoms with Gasteiger partial charge in [0.25, 0.3) is 0 Å². The van der Waals surface area contributed by atoms with Gasteiger partial charge >= 0.3 is 6.03 Å². The van der Waals surface area contributed by atoms with Crippen LogP contribution in [0.1, 0.15) is 47.0 Å². The predicted octanol–water partition coefficient (Wildman–Crippen LogP) is 2.94. The van der Waals surface area contributed by atoms with Crippen LogP contribution in [0, 0.1) is 11.3 Å². The van der Waals surface area contributed by atoms with E-state index in [1.165, 1.54) is 0 Å². The maximum absolute atomic E-state index is 12.2. The third-order valence-electron chi connectivity index (χ3n) is 3.48. The van der Waals surface area contributed by atoms with E-state index >= 15 is 0 Å². The highest BCUT2D eigenvalue weighted by molar-refractivity contribution is 6.05. The second-order valence-electron chi connectivity index (χ2n) is 4.84. The summed E-state index contributed by atoms with van der Waals surface area (Å²) < 4.78 is 0. The lowest BCUT2D eigenvalue weighted by Crippen LogP contribution is -2.39. The molecule has 98 valence electrons. The van der Waals surface area contributed by atoms with Crippen molar-refractivity contribution in [3.8, 4) is 0 Å². The Balaban J connectivity index is 2.92. The minimum Gasteiger partial charge on any atom is -0.314 e. The van der Waals surface area contributed by atoms with E-state index in [0.717, 1.165) is 25.8 Å². The van der Waals surface area contributed by atoms with E-state index in [1.54, 1.807) is 4.90 Å². The van der Waals surface area contributed by atoms with Gasteiger partial charge in [0.2, 0.25) is 0 Å². The van der Waals surface area contributed by atoms with Crippen molar-refractivity contribution < 1.29 is 4.79 Å². The summed E-state index contributed by atoms with van der Waals surface area (Å²) in [7, 11) is 0. The number of amidine groups is 1. The molecule has 4 nitrogen and oxygen atoms in total. The molecule has 0 aliphatic carbocycles. The van der Waals surface area contributed by atoms with Crippen molar-refractivity contribution in [2.75, 3.05) is 13.1 Å². The highest BCUT2D eigenvalue weighted by Gasteiger charge is 2.43. The zero-order valence-electron chi connectivity index (χ0n) is 11.5. The summed E-state index contributed by atoms with van der Waals surface area (Å²) in [6, 6.07) is 0.0167. The number of carbonyl (C=O) groups is 1. The van der Waals surface area contributed by atoms with Crippen LogP contribution in [-0.2, 0) is 0 Å². The molecule has 1 fully saturated rings. The van der Waals surface area contributed by atoms with E-state index in [0.29, 0.717) is 18.3 Å². The van der Waals surface area contributed by atoms with Crippen LogP contribution in [0.3, 0.4) is 0 Å². The van der Waals surface area contributed by atoms with Gasteiger partial charge in [-0.25, -0.2) is 4.79 Å². The SMILES string of the molecule is CCCN1C(=N)C(C(C)CC)N(CCC)C1=O. The molecule has 0 saturated carbocycles. The number of hydrogen-bond acceptors (Lipinski definition) is 2. The number of urea groups is 1. The van der Waals surface area contributed by atoms with E-state index < -0.39 is 0 Å². The first kappa shape index (κ1) is 14.0. The summed E-state index contributed by atoms with van der Waals surface area (Å²) in [5.74, 6) is 0.861. The molecular weight excluding hydrogens is 214 g/mol. The van der Waals surface area contributed by atoms with Crippen molar-refractivity contribution in [2.45, 2.75) is 53.0 Å². The van der Waals surface area contributed by atoms with Gasteiger partial charge < -0.3 is 4.90 Å². The third kappa shape index (κ3) is 2.61. The molecule has 0 bridgehead atoms. The van der Waals surface area contributed by atoms with Gasteiger partial charge in [-0.15, -0.1) is 0 Å². The van der Waals surface area contributed by atoms with E-state index in [2.05, 4.69) is 20.8 Å². The fraction of sp³-hybridized carbons (Fsp3) is 0.846. The minimum atomic E-state index is -0.0148. The summed E-state index contributed by atoms with van der Waals surface area (Å²) >= 11 is 0. The average molecular weight is 239 g/mol. The van der Waals surface area contributed by atoms with Crippen LogP contribution in [0.25, 0.3) is 0 Å². The minimum absolute atomic E-state index is 0.0148. The molecule has 0 radical (unpaired) electrons. The molecule has 1 rings (SSSR count). The van der Waals surface area contributed by atoms with Gasteiger partial charge in [0.15, 0.2) is 0 Å². The number of nitrogens with zero attached hydrogens (tertiary/aromatic N) is 2. The monoisotopic (exact) mass is 239 g/mol. The van der Waals surface area contributed by atoms with Crippen LogP contribution in [0.5, 0.6) is 0 Å². The summed E-state index contributed by atoms with van der Waals surface area (Å²) in [4.78, 5) is 15.8. The van der Waals surface area contributed by atoms with Gasteiger partial charge in [-0.05, 0) is 18.8 Å². The van der Waals surface area contributed by atoms with Crippen molar-refractivity contribution in [2.24, 2.45) is 5.92 Å². The average Bonchev–Trinajstić information content (AvgIpc) is 2.54. The van der Waals surface area contributed by atoms with Crippen LogP contribution >= 0.6 is 0 Å². The van der Waals surface area contributed by atoms with Crippen LogP contribution in [0.15, 0.2) is 0 Å². The lowest BCUT2D eigenvalue weighted by Gasteiger charge is -2.26. The summed E-state index contributed by atoms with van der Waals surface area (Å²) in [5.41, 5.74) is 0. The molecule has 4 heteroatoms. The summed E-state index contributed by atoms with van der Waals surface area (Å²) in [5, 5.41) is 8.20. The molecule has 2 atom stereocenters. The molecule has 2 unspecified atom stereocenters. The normalized spacial score (nSPS) is 22.5. The highest BCUT2D eigenvalue weighted by atomic mass is 16.2. The van der Waals surface area contributed by atoms with Crippen molar-refractivity contribution in [3.63, 3.8) is 0 Å². The van der Waals surface area contributed by atoms with Crippen LogP contribution in [0.4, 0.5) is 4.79 Å². The first-order chi connectivity index (χ1) is 8.08. The zero-order valence-corrected chi connectivity index (χ0v) is 11.5. The quantitative estimate of drug-likeness (QED) is 0.761. The Morgan fingerprint density at radius 1 is 1.24 bits per heavy atom. The Morgan fingerprint density at radius 2 is 1.82 bits per heavy atom. The van der Waals surface area contributed by atoms with Gasteiger partial charge in [0, 0.05) is 13.1 Å². The first-order valence-corrected chi connectivity index (χ1v) is 6.74. The van der Waals surface area contributed by atoms with Gasteiger partial charge in [-0.1, -0.05) is 34.1 Å². The van der Waals surface area contributed by atoms with Gasteiger partial charge in [-0.2, -0.15) is 0 Å². The van der Waals surface area contributed by atoms with Gasteiger partial charge in [0.05, 0.1) is 6.04 Å². The smallest absolute Gasteiger partial charge is 0.314 e. The van der Waals surface area contributed by atoms with Crippen molar-refractivity contribution in [3.05, 3.63) is 0 Å². The molecule has 2 amide bonds. The van der Waals surface area contributed by atoms with Crippen LogP contribution < -0.4 is 0 Å².